The summed E-state index contributed by atoms with van der Waals surface area (Å²) in [6, 6.07) is 9.20. The quantitative estimate of drug-likeness (QED) is 0.591. The molecule has 0 radical (unpaired) electrons. The first kappa shape index (κ1) is 12.5. The Morgan fingerprint density at radius 1 is 1.30 bits per heavy atom. The average molecular weight is 282 g/mol. The number of isothiocyanates is 1. The third-order valence-corrected chi connectivity index (χ3v) is 2.94. The Labute approximate surface area is 120 Å². The van der Waals surface area contributed by atoms with Gasteiger partial charge < -0.3 is 9.72 Å². The molecule has 2 aromatic heterocycles. The van der Waals surface area contributed by atoms with Crippen molar-refractivity contribution in [1.82, 2.24) is 15.0 Å². The number of ether oxygens (including phenoxy) is 1. The molecule has 0 spiro atoms. The van der Waals surface area contributed by atoms with Gasteiger partial charge in [-0.15, -0.1) is 0 Å². The summed E-state index contributed by atoms with van der Waals surface area (Å²) in [5.41, 5.74) is 3.17. The number of H-pyrrole nitrogens is 1. The van der Waals surface area contributed by atoms with Gasteiger partial charge in [-0.05, 0) is 36.5 Å². The number of hydrogen-bond acceptors (Lipinski definition) is 5. The number of aliphatic imine (C=N–C) groups is 1. The van der Waals surface area contributed by atoms with Crippen molar-refractivity contribution in [3.8, 4) is 17.3 Å². The van der Waals surface area contributed by atoms with E-state index in [0.717, 1.165) is 28.2 Å². The molecule has 0 saturated heterocycles. The predicted octanol–water partition coefficient (Wildman–Crippen LogP) is 3.37. The molecule has 3 aromatic rings. The minimum atomic E-state index is 0.683. The topological polar surface area (TPSA) is 63.2 Å². The van der Waals surface area contributed by atoms with Crippen LogP contribution >= 0.6 is 12.2 Å². The molecule has 6 heteroatoms. The van der Waals surface area contributed by atoms with Gasteiger partial charge in [0.1, 0.15) is 11.4 Å². The summed E-state index contributed by atoms with van der Waals surface area (Å²) >= 11 is 4.60. The molecule has 1 N–H and O–H groups in total. The first-order chi connectivity index (χ1) is 9.80. The lowest BCUT2D eigenvalue weighted by atomic mass is 10.3. The Bertz CT molecular complexity index is 821. The minimum absolute atomic E-state index is 0.683. The highest BCUT2D eigenvalue weighted by Gasteiger charge is 2.08. The first-order valence-corrected chi connectivity index (χ1v) is 6.29. The van der Waals surface area contributed by atoms with Crippen molar-refractivity contribution < 1.29 is 4.74 Å². The molecule has 5 nitrogen and oxygen atoms in total. The van der Waals surface area contributed by atoms with Crippen LogP contribution in [-0.2, 0) is 0 Å². The van der Waals surface area contributed by atoms with E-state index in [2.05, 4.69) is 37.3 Å². The van der Waals surface area contributed by atoms with Crippen molar-refractivity contribution in [2.45, 2.75) is 0 Å². The molecule has 0 fully saturated rings. The molecule has 0 atom stereocenters. The van der Waals surface area contributed by atoms with E-state index < -0.39 is 0 Å². The Morgan fingerprint density at radius 3 is 3.00 bits per heavy atom. The van der Waals surface area contributed by atoms with E-state index in [4.69, 9.17) is 4.74 Å². The van der Waals surface area contributed by atoms with Crippen LogP contribution < -0.4 is 4.74 Å². The fraction of sp³-hybridized carbons (Fsp3) is 0.0714. The first-order valence-electron chi connectivity index (χ1n) is 5.88. The van der Waals surface area contributed by atoms with E-state index >= 15 is 0 Å². The van der Waals surface area contributed by atoms with Gasteiger partial charge in [0, 0.05) is 12.3 Å². The molecule has 20 heavy (non-hydrogen) atoms. The normalized spacial score (nSPS) is 10.2. The molecule has 3 rings (SSSR count). The zero-order chi connectivity index (χ0) is 13.9. The lowest BCUT2D eigenvalue weighted by Gasteiger charge is -2.00. The monoisotopic (exact) mass is 282 g/mol. The SMILES string of the molecule is COc1ccnc(-c2nc3ccc(N=C=S)cc3[nH]2)c1. The Morgan fingerprint density at radius 2 is 2.20 bits per heavy atom. The number of imidazole rings is 1. The lowest BCUT2D eigenvalue weighted by Crippen LogP contribution is -1.88. The van der Waals surface area contributed by atoms with Crippen molar-refractivity contribution in [2.75, 3.05) is 7.11 Å². The maximum absolute atomic E-state index is 5.18. The molecule has 98 valence electrons. The Hall–Kier alpha value is -2.56. The molecular weight excluding hydrogens is 272 g/mol. The zero-order valence-corrected chi connectivity index (χ0v) is 11.4. The average Bonchev–Trinajstić information content (AvgIpc) is 2.91. The number of thiocarbonyl (C=S) groups is 1. The fourth-order valence-electron chi connectivity index (χ4n) is 1.91. The van der Waals surface area contributed by atoms with Crippen molar-refractivity contribution in [1.29, 1.82) is 0 Å². The van der Waals surface area contributed by atoms with E-state index in [1.165, 1.54) is 0 Å². The summed E-state index contributed by atoms with van der Waals surface area (Å²) in [4.78, 5) is 15.9. The second-order valence-corrected chi connectivity index (χ2v) is 4.25. The van der Waals surface area contributed by atoms with Crippen LogP contribution in [0.2, 0.25) is 0 Å². The third-order valence-electron chi connectivity index (χ3n) is 2.85. The number of hydrogen-bond donors (Lipinski definition) is 1. The van der Waals surface area contributed by atoms with Crippen molar-refractivity contribution in [2.24, 2.45) is 4.99 Å². The number of methoxy groups -OCH3 is 1. The van der Waals surface area contributed by atoms with Gasteiger partial charge in [-0.1, -0.05) is 0 Å². The summed E-state index contributed by atoms with van der Waals surface area (Å²) in [5, 5.41) is 2.35. The van der Waals surface area contributed by atoms with Crippen molar-refractivity contribution >= 4 is 34.1 Å². The van der Waals surface area contributed by atoms with Gasteiger partial charge in [-0.25, -0.2) is 4.98 Å². The molecule has 0 bridgehead atoms. The highest BCUT2D eigenvalue weighted by Crippen LogP contribution is 2.24. The number of aromatic nitrogens is 3. The maximum Gasteiger partial charge on any atom is 0.157 e. The van der Waals surface area contributed by atoms with Crippen LogP contribution in [0.5, 0.6) is 5.75 Å². The zero-order valence-electron chi connectivity index (χ0n) is 10.6. The van der Waals surface area contributed by atoms with Gasteiger partial charge >= 0.3 is 0 Å². The van der Waals surface area contributed by atoms with E-state index in [9.17, 15) is 0 Å². The second kappa shape index (κ2) is 5.21. The summed E-state index contributed by atoms with van der Waals surface area (Å²) in [5.74, 6) is 1.42. The van der Waals surface area contributed by atoms with Gasteiger partial charge in [0.2, 0.25) is 0 Å². The van der Waals surface area contributed by atoms with E-state index in [0.29, 0.717) is 5.82 Å². The molecule has 0 aliphatic rings. The van der Waals surface area contributed by atoms with Crippen LogP contribution in [0.15, 0.2) is 41.5 Å². The van der Waals surface area contributed by atoms with Gasteiger partial charge in [0.15, 0.2) is 5.82 Å². The van der Waals surface area contributed by atoms with Crippen LogP contribution in [0.25, 0.3) is 22.6 Å². The van der Waals surface area contributed by atoms with Crippen LogP contribution in [0, 0.1) is 0 Å². The van der Waals surface area contributed by atoms with E-state index in [1.54, 1.807) is 19.4 Å². The van der Waals surface area contributed by atoms with E-state index in [1.807, 2.05) is 24.3 Å². The predicted molar refractivity (Wildman–Crippen MR) is 80.6 cm³/mol. The van der Waals surface area contributed by atoms with E-state index in [-0.39, 0.29) is 0 Å². The molecule has 0 aliphatic carbocycles. The number of nitrogens with zero attached hydrogens (tertiary/aromatic N) is 3. The van der Waals surface area contributed by atoms with Crippen molar-refractivity contribution in [3.63, 3.8) is 0 Å². The van der Waals surface area contributed by atoms with Gasteiger partial charge in [-0.3, -0.25) is 4.98 Å². The summed E-state index contributed by atoms with van der Waals surface area (Å²) in [6.45, 7) is 0. The van der Waals surface area contributed by atoms with Gasteiger partial charge in [0.25, 0.3) is 0 Å². The fourth-order valence-corrected chi connectivity index (χ4v) is 2.01. The van der Waals surface area contributed by atoms with Crippen LogP contribution in [-0.4, -0.2) is 27.2 Å². The second-order valence-electron chi connectivity index (χ2n) is 4.07. The molecule has 2 heterocycles. The van der Waals surface area contributed by atoms with Gasteiger partial charge in [0.05, 0.1) is 29.0 Å². The number of nitrogens with one attached hydrogen (secondary N) is 1. The molecule has 0 saturated carbocycles. The van der Waals surface area contributed by atoms with Gasteiger partial charge in [-0.2, -0.15) is 4.99 Å². The lowest BCUT2D eigenvalue weighted by molar-refractivity contribution is 0.414. The number of pyridine rings is 1. The van der Waals surface area contributed by atoms with Crippen LogP contribution in [0.1, 0.15) is 0 Å². The van der Waals surface area contributed by atoms with Crippen LogP contribution in [0.3, 0.4) is 0 Å². The maximum atomic E-state index is 5.18. The Kier molecular flexibility index (Phi) is 3.25. The highest BCUT2D eigenvalue weighted by atomic mass is 32.1. The molecule has 0 aliphatic heterocycles. The third kappa shape index (κ3) is 2.30. The number of rotatable bonds is 3. The minimum Gasteiger partial charge on any atom is -0.497 e. The Balaban J connectivity index is 2.09. The van der Waals surface area contributed by atoms with Crippen molar-refractivity contribution in [3.05, 3.63) is 36.5 Å². The standard InChI is InChI=1S/C14H10N4OS/c1-19-10-4-5-15-13(7-10)14-17-11-3-2-9(16-8-20)6-12(11)18-14/h2-7H,1H3,(H,17,18). The highest BCUT2D eigenvalue weighted by molar-refractivity contribution is 7.78. The molecular formula is C14H10N4OS. The van der Waals surface area contributed by atoms with Crippen LogP contribution in [0.4, 0.5) is 5.69 Å². The summed E-state index contributed by atoms with van der Waals surface area (Å²) in [6.07, 6.45) is 1.68. The number of fused-ring (bicyclic) bond motifs is 1. The smallest absolute Gasteiger partial charge is 0.157 e. The molecule has 1 aromatic carbocycles. The molecule has 0 unspecified atom stereocenters. The molecule has 0 amide bonds. The number of benzene rings is 1. The number of aromatic amines is 1. The summed E-state index contributed by atoms with van der Waals surface area (Å²) < 4.78 is 5.18. The summed E-state index contributed by atoms with van der Waals surface area (Å²) in [7, 11) is 1.62. The largest absolute Gasteiger partial charge is 0.497 e.